The predicted octanol–water partition coefficient (Wildman–Crippen LogP) is 5.03. The molecule has 0 amide bonds. The molecule has 8 heteroatoms. The number of morpholine rings is 1. The summed E-state index contributed by atoms with van der Waals surface area (Å²) < 4.78 is 21.2. The number of ether oxygens (including phenoxy) is 1. The maximum Gasteiger partial charge on any atom is 0.174 e. The molecule has 1 N–H and O–H groups in total. The molecule has 4 aromatic rings. The summed E-state index contributed by atoms with van der Waals surface area (Å²) in [5, 5.41) is 4.16. The standard InChI is InChI=1S/C28H26FN5OS/c29-20-6-8-22(9-7-20)33-15-3-5-25(33)27-26(24-4-1-2-14-30-24)31-28(36)34(27)23-12-10-21(11-13-23)32-16-18-35-19-17-32/h1-15,26-27H,16-19H2,(H,31,36)/t26-,27+/m0/s1. The third kappa shape index (κ3) is 4.23. The van der Waals surface area contributed by atoms with Crippen molar-refractivity contribution in [1.82, 2.24) is 14.9 Å². The Balaban J connectivity index is 1.41. The first kappa shape index (κ1) is 22.7. The van der Waals surface area contributed by atoms with Crippen LogP contribution in [-0.4, -0.2) is 41.0 Å². The molecule has 0 unspecified atom stereocenters. The topological polar surface area (TPSA) is 45.6 Å². The molecule has 6 nitrogen and oxygen atoms in total. The molecule has 182 valence electrons. The van der Waals surface area contributed by atoms with Gasteiger partial charge in [0.1, 0.15) is 11.9 Å². The monoisotopic (exact) mass is 499 g/mol. The van der Waals surface area contributed by atoms with Crippen molar-refractivity contribution in [3.05, 3.63) is 108 Å². The molecule has 2 aliphatic rings. The summed E-state index contributed by atoms with van der Waals surface area (Å²) in [5.41, 5.74) is 5.00. The van der Waals surface area contributed by atoms with Gasteiger partial charge < -0.3 is 24.4 Å². The minimum atomic E-state index is -0.260. The van der Waals surface area contributed by atoms with Crippen molar-refractivity contribution in [1.29, 1.82) is 0 Å². The van der Waals surface area contributed by atoms with E-state index in [1.807, 2.05) is 30.5 Å². The lowest BCUT2D eigenvalue weighted by atomic mass is 10.0. The number of nitrogens with zero attached hydrogens (tertiary/aromatic N) is 4. The van der Waals surface area contributed by atoms with Crippen molar-refractivity contribution in [2.45, 2.75) is 12.1 Å². The second-order valence-electron chi connectivity index (χ2n) is 8.89. The Morgan fingerprint density at radius 1 is 0.861 bits per heavy atom. The zero-order chi connectivity index (χ0) is 24.5. The number of hydrogen-bond acceptors (Lipinski definition) is 4. The van der Waals surface area contributed by atoms with Crippen LogP contribution in [0.1, 0.15) is 23.5 Å². The molecular formula is C28H26FN5OS. The van der Waals surface area contributed by atoms with Crippen molar-refractivity contribution in [2.24, 2.45) is 0 Å². The van der Waals surface area contributed by atoms with Crippen molar-refractivity contribution in [3.63, 3.8) is 0 Å². The van der Waals surface area contributed by atoms with Gasteiger partial charge in [0.2, 0.25) is 0 Å². The minimum absolute atomic E-state index is 0.160. The molecule has 0 radical (unpaired) electrons. The van der Waals surface area contributed by atoms with Crippen LogP contribution in [0, 0.1) is 5.82 Å². The molecule has 0 bridgehead atoms. The molecule has 2 saturated heterocycles. The number of benzene rings is 2. The van der Waals surface area contributed by atoms with Gasteiger partial charge in [-0.3, -0.25) is 4.98 Å². The maximum absolute atomic E-state index is 13.7. The molecular weight excluding hydrogens is 473 g/mol. The quantitative estimate of drug-likeness (QED) is 0.389. The highest BCUT2D eigenvalue weighted by Gasteiger charge is 2.42. The fourth-order valence-electron chi connectivity index (χ4n) is 5.05. The lowest BCUT2D eigenvalue weighted by molar-refractivity contribution is 0.122. The summed E-state index contributed by atoms with van der Waals surface area (Å²) >= 11 is 5.89. The van der Waals surface area contributed by atoms with Crippen LogP contribution >= 0.6 is 12.2 Å². The first-order valence-electron chi connectivity index (χ1n) is 12.1. The lowest BCUT2D eigenvalue weighted by Crippen LogP contribution is -2.36. The summed E-state index contributed by atoms with van der Waals surface area (Å²) in [7, 11) is 0. The van der Waals surface area contributed by atoms with Crippen LogP contribution in [0.15, 0.2) is 91.3 Å². The van der Waals surface area contributed by atoms with Crippen molar-refractivity contribution in [3.8, 4) is 5.69 Å². The van der Waals surface area contributed by atoms with Gasteiger partial charge in [-0.05, 0) is 85.0 Å². The van der Waals surface area contributed by atoms with E-state index >= 15 is 0 Å². The van der Waals surface area contributed by atoms with Crippen LogP contribution in [0.25, 0.3) is 5.69 Å². The van der Waals surface area contributed by atoms with E-state index in [2.05, 4.69) is 55.0 Å². The summed E-state index contributed by atoms with van der Waals surface area (Å²) in [6.45, 7) is 3.27. The van der Waals surface area contributed by atoms with E-state index < -0.39 is 0 Å². The van der Waals surface area contributed by atoms with Crippen LogP contribution in [0.2, 0.25) is 0 Å². The molecule has 2 aliphatic heterocycles. The number of anilines is 2. The van der Waals surface area contributed by atoms with Crippen molar-refractivity contribution < 1.29 is 9.13 Å². The molecule has 0 spiro atoms. The third-order valence-electron chi connectivity index (χ3n) is 6.79. The van der Waals surface area contributed by atoms with Gasteiger partial charge in [0.15, 0.2) is 5.11 Å². The minimum Gasteiger partial charge on any atom is -0.378 e. The van der Waals surface area contributed by atoms with Gasteiger partial charge in [0, 0.05) is 48.2 Å². The highest BCUT2D eigenvalue weighted by atomic mass is 32.1. The molecule has 0 aliphatic carbocycles. The Hall–Kier alpha value is -3.75. The van der Waals surface area contributed by atoms with Crippen LogP contribution in [0.5, 0.6) is 0 Å². The van der Waals surface area contributed by atoms with E-state index in [1.54, 1.807) is 18.3 Å². The van der Waals surface area contributed by atoms with Crippen LogP contribution in [-0.2, 0) is 4.74 Å². The number of hydrogen-bond donors (Lipinski definition) is 1. The maximum atomic E-state index is 13.7. The summed E-state index contributed by atoms with van der Waals surface area (Å²) in [6, 6.07) is 24.8. The first-order valence-corrected chi connectivity index (χ1v) is 12.5. The second kappa shape index (κ2) is 9.72. The Bertz CT molecular complexity index is 1340. The van der Waals surface area contributed by atoms with Gasteiger partial charge in [-0.15, -0.1) is 0 Å². The fourth-order valence-corrected chi connectivity index (χ4v) is 5.40. The van der Waals surface area contributed by atoms with Crippen LogP contribution in [0.4, 0.5) is 15.8 Å². The molecule has 0 saturated carbocycles. The average Bonchev–Trinajstić information content (AvgIpc) is 3.54. The van der Waals surface area contributed by atoms with Gasteiger partial charge >= 0.3 is 0 Å². The first-order chi connectivity index (χ1) is 17.7. The number of pyridine rings is 1. The number of halogens is 1. The van der Waals surface area contributed by atoms with E-state index in [9.17, 15) is 4.39 Å². The Morgan fingerprint density at radius 3 is 2.31 bits per heavy atom. The number of thiocarbonyl (C=S) groups is 1. The predicted molar refractivity (Wildman–Crippen MR) is 143 cm³/mol. The Kier molecular flexibility index (Phi) is 6.13. The van der Waals surface area contributed by atoms with E-state index in [0.717, 1.165) is 49.1 Å². The van der Waals surface area contributed by atoms with Crippen molar-refractivity contribution >= 4 is 28.7 Å². The Morgan fingerprint density at radius 2 is 1.58 bits per heavy atom. The van der Waals surface area contributed by atoms with Gasteiger partial charge in [0.05, 0.1) is 24.9 Å². The van der Waals surface area contributed by atoms with Gasteiger partial charge in [0.25, 0.3) is 0 Å². The molecule has 36 heavy (non-hydrogen) atoms. The SMILES string of the molecule is Fc1ccc(-n2cccc2[C@@H]2[C@H](c3ccccn3)NC(=S)N2c2ccc(N3CCOCC3)cc2)cc1. The Labute approximate surface area is 214 Å². The zero-order valence-electron chi connectivity index (χ0n) is 19.6. The number of aromatic nitrogens is 2. The number of nitrogens with one attached hydrogen (secondary N) is 1. The molecule has 2 atom stereocenters. The van der Waals surface area contributed by atoms with E-state index in [0.29, 0.717) is 5.11 Å². The molecule has 2 fully saturated rings. The smallest absolute Gasteiger partial charge is 0.174 e. The number of rotatable bonds is 5. The largest absolute Gasteiger partial charge is 0.378 e. The highest BCUT2D eigenvalue weighted by molar-refractivity contribution is 7.80. The van der Waals surface area contributed by atoms with E-state index in [-0.39, 0.29) is 17.9 Å². The van der Waals surface area contributed by atoms with Crippen LogP contribution in [0.3, 0.4) is 0 Å². The third-order valence-corrected chi connectivity index (χ3v) is 7.10. The molecule has 6 rings (SSSR count). The van der Waals surface area contributed by atoms with E-state index in [1.165, 1.54) is 17.8 Å². The van der Waals surface area contributed by atoms with Gasteiger partial charge in [-0.2, -0.15) is 0 Å². The van der Waals surface area contributed by atoms with Gasteiger partial charge in [-0.25, -0.2) is 4.39 Å². The average molecular weight is 500 g/mol. The highest BCUT2D eigenvalue weighted by Crippen LogP contribution is 2.42. The summed E-state index contributed by atoms with van der Waals surface area (Å²) in [4.78, 5) is 9.14. The second-order valence-corrected chi connectivity index (χ2v) is 9.28. The van der Waals surface area contributed by atoms with Crippen LogP contribution < -0.4 is 15.1 Å². The molecule has 2 aromatic carbocycles. The molecule has 4 heterocycles. The van der Waals surface area contributed by atoms with Crippen molar-refractivity contribution in [2.75, 3.05) is 36.1 Å². The molecule has 2 aromatic heterocycles. The van der Waals surface area contributed by atoms with E-state index in [4.69, 9.17) is 17.0 Å². The summed E-state index contributed by atoms with van der Waals surface area (Å²) in [6.07, 6.45) is 3.80. The zero-order valence-corrected chi connectivity index (χ0v) is 20.4. The van der Waals surface area contributed by atoms with Gasteiger partial charge in [-0.1, -0.05) is 6.07 Å². The normalized spacial score (nSPS) is 20.0. The lowest BCUT2D eigenvalue weighted by Gasteiger charge is -2.31. The fraction of sp³-hybridized carbons (Fsp3) is 0.214. The summed E-state index contributed by atoms with van der Waals surface area (Å²) in [5.74, 6) is -0.260.